The van der Waals surface area contributed by atoms with E-state index >= 15 is 0 Å². The molecule has 4 aliphatic rings. The highest BCUT2D eigenvalue weighted by atomic mass is 16.2. The van der Waals surface area contributed by atoms with Crippen LogP contribution in [0.2, 0.25) is 0 Å². The third-order valence-electron chi connectivity index (χ3n) is 8.41. The fourth-order valence-electron chi connectivity index (χ4n) is 6.66. The summed E-state index contributed by atoms with van der Waals surface area (Å²) >= 11 is 0. The van der Waals surface area contributed by atoms with Gasteiger partial charge in [0.1, 0.15) is 11.4 Å². The molecular formula is C25H39N3O. The van der Waals surface area contributed by atoms with Crippen molar-refractivity contribution in [3.8, 4) is 6.07 Å². The van der Waals surface area contributed by atoms with Gasteiger partial charge in [-0.05, 0) is 75.5 Å². The Balaban J connectivity index is 1.36. The fourth-order valence-corrected chi connectivity index (χ4v) is 6.66. The predicted molar refractivity (Wildman–Crippen MR) is 116 cm³/mol. The quantitative estimate of drug-likeness (QED) is 0.563. The highest BCUT2D eigenvalue weighted by molar-refractivity contribution is 6.08. The lowest BCUT2D eigenvalue weighted by Crippen LogP contribution is -2.44. The minimum atomic E-state index is -0.387. The zero-order valence-electron chi connectivity index (χ0n) is 18.4. The topological polar surface area (TPSA) is 56.5 Å². The highest BCUT2D eigenvalue weighted by Crippen LogP contribution is 2.44. The van der Waals surface area contributed by atoms with E-state index in [9.17, 15) is 10.1 Å². The summed E-state index contributed by atoms with van der Waals surface area (Å²) in [5, 5.41) is 9.56. The standard InChI is InChI=1S/C25H39N3O/c1-2-3-10-23-27-25(15-6-7-16-25)24(29)28(23)18-19-11-13-20(14-12-19)22-9-5-4-8-21(22)17-26/h19-22H,2-16,18H2,1H3. The largest absolute Gasteiger partial charge is 0.298 e. The lowest BCUT2D eigenvalue weighted by atomic mass is 9.67. The molecule has 2 atom stereocenters. The van der Waals surface area contributed by atoms with Crippen molar-refractivity contribution in [2.45, 2.75) is 109 Å². The molecule has 1 amide bonds. The van der Waals surface area contributed by atoms with E-state index in [4.69, 9.17) is 4.99 Å². The molecule has 1 aliphatic heterocycles. The Kier molecular flexibility index (Phi) is 6.62. The molecule has 3 aliphatic carbocycles. The molecule has 160 valence electrons. The van der Waals surface area contributed by atoms with Crippen LogP contribution >= 0.6 is 0 Å². The molecule has 4 nitrogen and oxygen atoms in total. The SMILES string of the molecule is CCCCC1=NC2(CCCC2)C(=O)N1CC1CCC(C2CCCCC2C#N)CC1. The first-order valence-electron chi connectivity index (χ1n) is 12.5. The average molecular weight is 398 g/mol. The molecule has 0 aromatic heterocycles. The van der Waals surface area contributed by atoms with Crippen molar-refractivity contribution in [2.75, 3.05) is 6.54 Å². The Labute approximate surface area is 177 Å². The molecule has 0 aromatic carbocycles. The summed E-state index contributed by atoms with van der Waals surface area (Å²) in [4.78, 5) is 20.5. The Morgan fingerprint density at radius 2 is 1.79 bits per heavy atom. The third kappa shape index (κ3) is 4.25. The molecule has 0 aromatic rings. The zero-order valence-corrected chi connectivity index (χ0v) is 18.4. The number of carbonyl (C=O) groups is 1. The molecular weight excluding hydrogens is 358 g/mol. The maximum absolute atomic E-state index is 13.3. The van der Waals surface area contributed by atoms with Crippen LogP contribution in [0.4, 0.5) is 0 Å². The van der Waals surface area contributed by atoms with Gasteiger partial charge in [0.15, 0.2) is 0 Å². The second kappa shape index (κ2) is 9.19. The molecule has 0 radical (unpaired) electrons. The van der Waals surface area contributed by atoms with E-state index in [-0.39, 0.29) is 5.54 Å². The van der Waals surface area contributed by atoms with Gasteiger partial charge >= 0.3 is 0 Å². The van der Waals surface area contributed by atoms with Crippen LogP contribution in [0.1, 0.15) is 103 Å². The molecule has 1 spiro atoms. The van der Waals surface area contributed by atoms with E-state index in [0.717, 1.165) is 69.7 Å². The Bertz CT molecular complexity index is 649. The van der Waals surface area contributed by atoms with Gasteiger partial charge in [0.25, 0.3) is 5.91 Å². The first-order chi connectivity index (χ1) is 14.2. The van der Waals surface area contributed by atoms with E-state index < -0.39 is 0 Å². The smallest absolute Gasteiger partial charge is 0.255 e. The molecule has 4 rings (SSSR count). The number of nitriles is 1. The summed E-state index contributed by atoms with van der Waals surface area (Å²) in [5.41, 5.74) is -0.387. The van der Waals surface area contributed by atoms with Gasteiger partial charge in [0.2, 0.25) is 0 Å². The molecule has 4 heteroatoms. The maximum Gasteiger partial charge on any atom is 0.255 e. The lowest BCUT2D eigenvalue weighted by Gasteiger charge is -2.39. The van der Waals surface area contributed by atoms with Crippen LogP contribution in [-0.4, -0.2) is 28.7 Å². The molecule has 2 unspecified atom stereocenters. The summed E-state index contributed by atoms with van der Waals surface area (Å²) in [5.74, 6) is 3.69. The number of carbonyl (C=O) groups excluding carboxylic acids is 1. The number of aliphatic imine (C=N–C) groups is 1. The van der Waals surface area contributed by atoms with Gasteiger partial charge in [-0.2, -0.15) is 5.26 Å². The molecule has 0 N–H and O–H groups in total. The van der Waals surface area contributed by atoms with Crippen molar-refractivity contribution in [1.82, 2.24) is 4.90 Å². The Morgan fingerprint density at radius 1 is 1.07 bits per heavy atom. The van der Waals surface area contributed by atoms with Crippen molar-refractivity contribution in [3.63, 3.8) is 0 Å². The maximum atomic E-state index is 13.3. The minimum absolute atomic E-state index is 0.292. The monoisotopic (exact) mass is 397 g/mol. The summed E-state index contributed by atoms with van der Waals surface area (Å²) in [6.45, 7) is 3.11. The van der Waals surface area contributed by atoms with Crippen molar-refractivity contribution in [2.24, 2.45) is 28.7 Å². The fraction of sp³-hybridized carbons (Fsp3) is 0.880. The summed E-state index contributed by atoms with van der Waals surface area (Å²) in [7, 11) is 0. The van der Waals surface area contributed by atoms with Gasteiger partial charge in [-0.25, -0.2) is 0 Å². The number of hydrogen-bond donors (Lipinski definition) is 0. The normalized spacial score (nSPS) is 34.4. The zero-order chi connectivity index (χ0) is 20.3. The molecule has 1 heterocycles. The number of unbranched alkanes of at least 4 members (excludes halogenated alkanes) is 1. The van der Waals surface area contributed by atoms with Crippen LogP contribution in [-0.2, 0) is 4.79 Å². The van der Waals surface area contributed by atoms with Crippen LogP contribution in [0.5, 0.6) is 0 Å². The van der Waals surface area contributed by atoms with Crippen molar-refractivity contribution >= 4 is 11.7 Å². The Morgan fingerprint density at radius 3 is 2.48 bits per heavy atom. The van der Waals surface area contributed by atoms with E-state index in [1.807, 2.05) is 0 Å². The number of hydrogen-bond acceptors (Lipinski definition) is 3. The van der Waals surface area contributed by atoms with E-state index in [1.54, 1.807) is 0 Å². The minimum Gasteiger partial charge on any atom is -0.298 e. The summed E-state index contributed by atoms with van der Waals surface area (Å²) in [6.07, 6.45) is 17.3. The first-order valence-corrected chi connectivity index (χ1v) is 12.5. The van der Waals surface area contributed by atoms with Crippen molar-refractivity contribution < 1.29 is 4.79 Å². The lowest BCUT2D eigenvalue weighted by molar-refractivity contribution is -0.131. The summed E-state index contributed by atoms with van der Waals surface area (Å²) in [6, 6.07) is 2.61. The molecule has 0 saturated heterocycles. The van der Waals surface area contributed by atoms with Crippen molar-refractivity contribution in [3.05, 3.63) is 0 Å². The number of rotatable bonds is 6. The van der Waals surface area contributed by atoms with E-state index in [1.165, 1.54) is 44.9 Å². The van der Waals surface area contributed by atoms with Gasteiger partial charge in [-0.3, -0.25) is 14.7 Å². The molecule has 3 saturated carbocycles. The van der Waals surface area contributed by atoms with E-state index in [2.05, 4.69) is 17.9 Å². The third-order valence-corrected chi connectivity index (χ3v) is 8.41. The van der Waals surface area contributed by atoms with Crippen LogP contribution in [0.3, 0.4) is 0 Å². The number of amides is 1. The van der Waals surface area contributed by atoms with Crippen LogP contribution < -0.4 is 0 Å². The van der Waals surface area contributed by atoms with Gasteiger partial charge in [0, 0.05) is 18.9 Å². The molecule has 29 heavy (non-hydrogen) atoms. The second-order valence-electron chi connectivity index (χ2n) is 10.3. The predicted octanol–water partition coefficient (Wildman–Crippen LogP) is 5.87. The van der Waals surface area contributed by atoms with E-state index in [0.29, 0.717) is 23.7 Å². The van der Waals surface area contributed by atoms with Crippen LogP contribution in [0.15, 0.2) is 4.99 Å². The molecule has 0 bridgehead atoms. The first kappa shape index (κ1) is 20.9. The number of amidine groups is 1. The van der Waals surface area contributed by atoms with Crippen LogP contribution in [0.25, 0.3) is 0 Å². The van der Waals surface area contributed by atoms with Gasteiger partial charge < -0.3 is 0 Å². The second-order valence-corrected chi connectivity index (χ2v) is 10.3. The van der Waals surface area contributed by atoms with Gasteiger partial charge in [0.05, 0.1) is 6.07 Å². The van der Waals surface area contributed by atoms with Crippen molar-refractivity contribution in [1.29, 1.82) is 5.26 Å². The van der Waals surface area contributed by atoms with Gasteiger partial charge in [-0.1, -0.05) is 39.0 Å². The number of nitrogens with zero attached hydrogens (tertiary/aromatic N) is 3. The average Bonchev–Trinajstić information content (AvgIpc) is 3.33. The Hall–Kier alpha value is -1.37. The molecule has 3 fully saturated rings. The highest BCUT2D eigenvalue weighted by Gasteiger charge is 2.49. The summed E-state index contributed by atoms with van der Waals surface area (Å²) < 4.78 is 0. The van der Waals surface area contributed by atoms with Crippen LogP contribution in [0, 0.1) is 35.0 Å². The van der Waals surface area contributed by atoms with Gasteiger partial charge in [-0.15, -0.1) is 0 Å².